The van der Waals surface area contributed by atoms with Gasteiger partial charge in [-0.25, -0.2) is 0 Å². The van der Waals surface area contributed by atoms with Gasteiger partial charge in [0, 0.05) is 25.7 Å². The van der Waals surface area contributed by atoms with Crippen LogP contribution in [0.5, 0.6) is 0 Å². The molecular weight excluding hydrogens is 362 g/mol. The van der Waals surface area contributed by atoms with Gasteiger partial charge in [0.25, 0.3) is 0 Å². The van der Waals surface area contributed by atoms with Crippen LogP contribution in [0.15, 0.2) is 23.4 Å². The molecule has 1 aromatic heterocycles. The Bertz CT molecular complexity index is 860. The predicted octanol–water partition coefficient (Wildman–Crippen LogP) is 2.50. The van der Waals surface area contributed by atoms with E-state index < -0.39 is 0 Å². The topological polar surface area (TPSA) is 80.1 Å². The van der Waals surface area contributed by atoms with Crippen molar-refractivity contribution in [3.8, 4) is 0 Å². The highest BCUT2D eigenvalue weighted by atomic mass is 32.2. The number of thioether (sulfide) groups is 1. The molecular formula is C19H25N5O2S. The lowest BCUT2D eigenvalue weighted by molar-refractivity contribution is -0.131. The number of anilines is 1. The van der Waals surface area contributed by atoms with Crippen molar-refractivity contribution in [1.82, 2.24) is 19.7 Å². The number of hydrogen-bond donors (Lipinski definition) is 1. The minimum absolute atomic E-state index is 0.0128. The molecule has 1 saturated carbocycles. The largest absolute Gasteiger partial charge is 0.336 e. The maximum atomic E-state index is 12.4. The second kappa shape index (κ2) is 8.12. The molecule has 0 radical (unpaired) electrons. The fourth-order valence-corrected chi connectivity index (χ4v) is 3.61. The van der Waals surface area contributed by atoms with E-state index >= 15 is 0 Å². The molecule has 0 spiro atoms. The fraction of sp³-hybridized carbons (Fsp3) is 0.474. The zero-order valence-corrected chi connectivity index (χ0v) is 17.0. The first-order chi connectivity index (χ1) is 12.8. The third kappa shape index (κ3) is 4.88. The van der Waals surface area contributed by atoms with Gasteiger partial charge in [-0.15, -0.1) is 10.2 Å². The van der Waals surface area contributed by atoms with Gasteiger partial charge in [-0.05, 0) is 43.9 Å². The molecule has 0 bridgehead atoms. The van der Waals surface area contributed by atoms with Gasteiger partial charge in [0.2, 0.25) is 11.8 Å². The van der Waals surface area contributed by atoms with E-state index in [1.54, 1.807) is 7.05 Å². The summed E-state index contributed by atoms with van der Waals surface area (Å²) in [5, 5.41) is 12.0. The Hall–Kier alpha value is -2.35. The second-order valence-corrected chi connectivity index (χ2v) is 8.02. The molecule has 1 aliphatic carbocycles. The van der Waals surface area contributed by atoms with Gasteiger partial charge < -0.3 is 14.8 Å². The van der Waals surface area contributed by atoms with Crippen LogP contribution in [0.25, 0.3) is 0 Å². The highest BCUT2D eigenvalue weighted by Crippen LogP contribution is 2.39. The molecule has 27 heavy (non-hydrogen) atoms. The van der Waals surface area contributed by atoms with Crippen molar-refractivity contribution >= 4 is 29.3 Å². The zero-order chi connectivity index (χ0) is 19.6. The Morgan fingerprint density at radius 1 is 1.30 bits per heavy atom. The van der Waals surface area contributed by atoms with Crippen molar-refractivity contribution in [3.63, 3.8) is 0 Å². The van der Waals surface area contributed by atoms with Crippen LogP contribution >= 0.6 is 11.8 Å². The van der Waals surface area contributed by atoms with Crippen LogP contribution in [0.1, 0.15) is 35.7 Å². The molecule has 1 fully saturated rings. The standard InChI is InChI=1S/C19H25N5O2S/c1-12-5-6-13(2)15(9-12)20-16(25)10-23(3)17(26)11-27-19-22-21-18(24(19)4)14-7-8-14/h5-6,9,14H,7-8,10-11H2,1-4H3,(H,20,25). The summed E-state index contributed by atoms with van der Waals surface area (Å²) in [7, 11) is 3.57. The van der Waals surface area contributed by atoms with Gasteiger partial charge >= 0.3 is 0 Å². The highest BCUT2D eigenvalue weighted by Gasteiger charge is 2.29. The molecule has 0 atom stereocenters. The van der Waals surface area contributed by atoms with E-state index in [2.05, 4.69) is 15.5 Å². The maximum Gasteiger partial charge on any atom is 0.243 e. The summed E-state index contributed by atoms with van der Waals surface area (Å²) in [6.07, 6.45) is 2.32. The van der Waals surface area contributed by atoms with Crippen LogP contribution in [0.3, 0.4) is 0 Å². The van der Waals surface area contributed by atoms with Crippen LogP contribution in [-0.4, -0.2) is 50.8 Å². The lowest BCUT2D eigenvalue weighted by Crippen LogP contribution is -2.36. The Labute approximate surface area is 163 Å². The number of aryl methyl sites for hydroxylation is 2. The fourth-order valence-electron chi connectivity index (χ4n) is 2.75. The van der Waals surface area contributed by atoms with Gasteiger partial charge in [-0.2, -0.15) is 0 Å². The lowest BCUT2D eigenvalue weighted by Gasteiger charge is -2.17. The van der Waals surface area contributed by atoms with Crippen LogP contribution in [0.4, 0.5) is 5.69 Å². The number of nitrogens with zero attached hydrogens (tertiary/aromatic N) is 4. The third-order valence-electron chi connectivity index (χ3n) is 4.61. The van der Waals surface area contributed by atoms with Gasteiger partial charge in [0.05, 0.1) is 12.3 Å². The molecule has 144 valence electrons. The molecule has 1 heterocycles. The lowest BCUT2D eigenvalue weighted by atomic mass is 10.1. The molecule has 0 aliphatic heterocycles. The van der Waals surface area contributed by atoms with Crippen molar-refractivity contribution in [2.24, 2.45) is 7.05 Å². The van der Waals surface area contributed by atoms with E-state index in [9.17, 15) is 9.59 Å². The Morgan fingerprint density at radius 3 is 2.74 bits per heavy atom. The van der Waals surface area contributed by atoms with E-state index in [4.69, 9.17) is 0 Å². The van der Waals surface area contributed by atoms with Crippen molar-refractivity contribution in [3.05, 3.63) is 35.2 Å². The Morgan fingerprint density at radius 2 is 2.04 bits per heavy atom. The zero-order valence-electron chi connectivity index (χ0n) is 16.2. The first-order valence-electron chi connectivity index (χ1n) is 8.98. The number of carbonyl (C=O) groups excluding carboxylic acids is 2. The van der Waals surface area contributed by atoms with Gasteiger partial charge in [-0.1, -0.05) is 23.9 Å². The molecule has 3 rings (SSSR count). The first kappa shape index (κ1) is 19.4. The van der Waals surface area contributed by atoms with Gasteiger partial charge in [0.15, 0.2) is 5.16 Å². The quantitative estimate of drug-likeness (QED) is 0.739. The van der Waals surface area contributed by atoms with Crippen molar-refractivity contribution < 1.29 is 9.59 Å². The van der Waals surface area contributed by atoms with Gasteiger partial charge in [-0.3, -0.25) is 9.59 Å². The van der Waals surface area contributed by atoms with Crippen LogP contribution in [-0.2, 0) is 16.6 Å². The molecule has 0 unspecified atom stereocenters. The van der Waals surface area contributed by atoms with E-state index in [-0.39, 0.29) is 24.1 Å². The monoisotopic (exact) mass is 387 g/mol. The van der Waals surface area contributed by atoms with Crippen LogP contribution in [0, 0.1) is 13.8 Å². The van der Waals surface area contributed by atoms with E-state index in [1.165, 1.54) is 16.7 Å². The number of nitrogens with one attached hydrogen (secondary N) is 1. The Balaban J connectivity index is 1.49. The summed E-state index contributed by atoms with van der Waals surface area (Å²) in [5.74, 6) is 1.41. The first-order valence-corrected chi connectivity index (χ1v) is 9.97. The smallest absolute Gasteiger partial charge is 0.243 e. The molecule has 0 saturated heterocycles. The summed E-state index contributed by atoms with van der Waals surface area (Å²) in [6, 6.07) is 5.89. The molecule has 2 amide bonds. The van der Waals surface area contributed by atoms with E-state index in [1.807, 2.05) is 43.7 Å². The van der Waals surface area contributed by atoms with Crippen LogP contribution in [0.2, 0.25) is 0 Å². The number of aromatic nitrogens is 3. The average Bonchev–Trinajstić information content (AvgIpc) is 3.39. The second-order valence-electron chi connectivity index (χ2n) is 7.08. The molecule has 8 heteroatoms. The summed E-state index contributed by atoms with van der Waals surface area (Å²) < 4.78 is 1.96. The van der Waals surface area contributed by atoms with Crippen molar-refractivity contribution in [2.45, 2.75) is 37.8 Å². The number of hydrogen-bond acceptors (Lipinski definition) is 5. The number of benzene rings is 1. The third-order valence-corrected chi connectivity index (χ3v) is 5.61. The molecule has 1 aliphatic rings. The predicted molar refractivity (Wildman–Crippen MR) is 106 cm³/mol. The molecule has 1 aromatic carbocycles. The van der Waals surface area contributed by atoms with E-state index in [0.29, 0.717) is 5.92 Å². The summed E-state index contributed by atoms with van der Waals surface area (Å²) in [6.45, 7) is 3.93. The maximum absolute atomic E-state index is 12.4. The highest BCUT2D eigenvalue weighted by molar-refractivity contribution is 7.99. The summed E-state index contributed by atoms with van der Waals surface area (Å²) in [5.41, 5.74) is 2.85. The minimum Gasteiger partial charge on any atom is -0.336 e. The van der Waals surface area contributed by atoms with Crippen molar-refractivity contribution in [2.75, 3.05) is 24.7 Å². The Kier molecular flexibility index (Phi) is 5.84. The SMILES string of the molecule is Cc1ccc(C)c(NC(=O)CN(C)C(=O)CSc2nnc(C3CC3)n2C)c1. The number of amides is 2. The summed E-state index contributed by atoms with van der Waals surface area (Å²) in [4.78, 5) is 26.1. The van der Waals surface area contributed by atoms with Gasteiger partial charge in [0.1, 0.15) is 5.82 Å². The average molecular weight is 388 g/mol. The minimum atomic E-state index is -0.209. The van der Waals surface area contributed by atoms with Crippen molar-refractivity contribution in [1.29, 1.82) is 0 Å². The van der Waals surface area contributed by atoms with E-state index in [0.717, 1.165) is 40.6 Å². The number of likely N-dealkylation sites (N-methyl/N-ethyl adjacent to an activating group) is 1. The van der Waals surface area contributed by atoms with Crippen LogP contribution < -0.4 is 5.32 Å². The molecule has 2 aromatic rings. The summed E-state index contributed by atoms with van der Waals surface area (Å²) >= 11 is 1.35. The number of carbonyl (C=O) groups is 2. The normalized spacial score (nSPS) is 13.5. The number of rotatable bonds is 7. The molecule has 7 nitrogen and oxygen atoms in total. The molecule has 1 N–H and O–H groups in total.